The third kappa shape index (κ3) is 3.38. The summed E-state index contributed by atoms with van der Waals surface area (Å²) < 4.78 is 4.70. The molecule has 2 heteroatoms. The van der Waals surface area contributed by atoms with Crippen molar-refractivity contribution < 1.29 is 4.74 Å². The molecule has 0 aliphatic carbocycles. The molecule has 0 radical (unpaired) electrons. The molecule has 0 fully saturated rings. The number of nitrogens with zero attached hydrogens (tertiary/aromatic N) is 1. The van der Waals surface area contributed by atoms with Gasteiger partial charge in [-0.05, 0) is 0 Å². The zero-order valence-electron chi connectivity index (χ0n) is 4.98. The number of rotatable bonds is 3. The number of nitriles is 1. The molecule has 0 aromatic heterocycles. The van der Waals surface area contributed by atoms with E-state index in [9.17, 15) is 0 Å². The first-order valence-corrected chi connectivity index (χ1v) is 2.38. The molecule has 0 rings (SSSR count). The summed E-state index contributed by atoms with van der Waals surface area (Å²) in [7, 11) is 1.60. The van der Waals surface area contributed by atoms with Crippen molar-refractivity contribution in [3.8, 4) is 6.07 Å². The first-order chi connectivity index (χ1) is 3.81. The molecule has 0 aliphatic rings. The molecule has 0 atom stereocenters. The van der Waals surface area contributed by atoms with Gasteiger partial charge in [-0.15, -0.1) is 0 Å². The highest BCUT2D eigenvalue weighted by Gasteiger charge is 1.87. The largest absolute Gasteiger partial charge is 0.384 e. The van der Waals surface area contributed by atoms with E-state index in [2.05, 4.69) is 6.58 Å². The fourth-order valence-corrected chi connectivity index (χ4v) is 0.281. The van der Waals surface area contributed by atoms with E-state index in [4.69, 9.17) is 10.00 Å². The molecule has 0 unspecified atom stereocenters. The first-order valence-electron chi connectivity index (χ1n) is 2.38. The van der Waals surface area contributed by atoms with Crippen molar-refractivity contribution in [3.63, 3.8) is 0 Å². The average Bonchev–Trinajstić information content (AvgIpc) is 1.83. The Morgan fingerprint density at radius 3 is 2.88 bits per heavy atom. The predicted octanol–water partition coefficient (Wildman–Crippen LogP) is 1.10. The van der Waals surface area contributed by atoms with E-state index in [0.717, 1.165) is 0 Å². The fourth-order valence-electron chi connectivity index (χ4n) is 0.281. The van der Waals surface area contributed by atoms with Crippen LogP contribution in [0.3, 0.4) is 0 Å². The van der Waals surface area contributed by atoms with E-state index in [1.165, 1.54) is 0 Å². The van der Waals surface area contributed by atoms with Gasteiger partial charge in [0.25, 0.3) is 0 Å². The van der Waals surface area contributed by atoms with Gasteiger partial charge in [-0.2, -0.15) is 5.26 Å². The van der Waals surface area contributed by atoms with Crippen LogP contribution in [0.4, 0.5) is 0 Å². The highest BCUT2D eigenvalue weighted by molar-refractivity contribution is 5.15. The zero-order valence-corrected chi connectivity index (χ0v) is 4.98. The summed E-state index contributed by atoms with van der Waals surface area (Å²) in [5, 5.41) is 8.16. The number of hydrogen-bond donors (Lipinski definition) is 0. The molecule has 0 amide bonds. The first kappa shape index (κ1) is 7.19. The molecule has 0 spiro atoms. The Labute approximate surface area is 49.4 Å². The summed E-state index contributed by atoms with van der Waals surface area (Å²) in [6, 6.07) is 1.93. The van der Waals surface area contributed by atoms with Gasteiger partial charge in [-0.25, -0.2) is 0 Å². The third-order valence-electron chi connectivity index (χ3n) is 0.766. The summed E-state index contributed by atoms with van der Waals surface area (Å²) in [5.74, 6) is 0. The van der Waals surface area contributed by atoms with Gasteiger partial charge in [0.2, 0.25) is 0 Å². The maximum Gasteiger partial charge on any atom is 0.0941 e. The maximum atomic E-state index is 8.16. The van der Waals surface area contributed by atoms with Crippen molar-refractivity contribution in [1.29, 1.82) is 5.26 Å². The van der Waals surface area contributed by atoms with Crippen LogP contribution in [-0.2, 0) is 4.74 Å². The lowest BCUT2D eigenvalue weighted by Gasteiger charge is -1.91. The van der Waals surface area contributed by atoms with E-state index in [1.807, 2.05) is 6.07 Å². The topological polar surface area (TPSA) is 33.0 Å². The van der Waals surface area contributed by atoms with Gasteiger partial charge in [0.05, 0.1) is 12.7 Å². The van der Waals surface area contributed by atoms with Crippen LogP contribution in [0.2, 0.25) is 0 Å². The van der Waals surface area contributed by atoms with Crippen molar-refractivity contribution in [3.05, 3.63) is 12.2 Å². The van der Waals surface area contributed by atoms with Gasteiger partial charge < -0.3 is 4.74 Å². The van der Waals surface area contributed by atoms with Gasteiger partial charge >= 0.3 is 0 Å². The van der Waals surface area contributed by atoms with E-state index >= 15 is 0 Å². The molecule has 0 heterocycles. The molecule has 44 valence electrons. The van der Waals surface area contributed by atoms with Crippen LogP contribution in [0.15, 0.2) is 12.2 Å². The Hall–Kier alpha value is -0.810. The minimum atomic E-state index is 0.576. The fraction of sp³-hybridized carbons (Fsp3) is 0.500. The van der Waals surface area contributed by atoms with Crippen LogP contribution in [0.1, 0.15) is 6.42 Å². The van der Waals surface area contributed by atoms with Crippen molar-refractivity contribution in [2.75, 3.05) is 13.7 Å². The van der Waals surface area contributed by atoms with Crippen molar-refractivity contribution in [1.82, 2.24) is 0 Å². The molecule has 0 aliphatic heterocycles. The van der Waals surface area contributed by atoms with E-state index in [0.29, 0.717) is 18.6 Å². The second kappa shape index (κ2) is 4.35. The molecule has 0 N–H and O–H groups in total. The molecule has 0 aromatic carbocycles. The minimum Gasteiger partial charge on any atom is -0.384 e. The van der Waals surface area contributed by atoms with Crippen LogP contribution in [0.5, 0.6) is 0 Å². The SMILES string of the molecule is C=C(C#N)CCOC. The predicted molar refractivity (Wildman–Crippen MR) is 31.2 cm³/mol. The second-order valence-corrected chi connectivity index (χ2v) is 1.46. The van der Waals surface area contributed by atoms with E-state index in [1.54, 1.807) is 7.11 Å². The molecule has 8 heavy (non-hydrogen) atoms. The van der Waals surface area contributed by atoms with Crippen LogP contribution < -0.4 is 0 Å². The Balaban J connectivity index is 3.16. The van der Waals surface area contributed by atoms with Crippen LogP contribution >= 0.6 is 0 Å². The zero-order chi connectivity index (χ0) is 6.41. The van der Waals surface area contributed by atoms with Crippen molar-refractivity contribution >= 4 is 0 Å². The minimum absolute atomic E-state index is 0.576. The highest BCUT2D eigenvalue weighted by Crippen LogP contribution is 1.93. The van der Waals surface area contributed by atoms with Crippen molar-refractivity contribution in [2.24, 2.45) is 0 Å². The van der Waals surface area contributed by atoms with Crippen LogP contribution in [0.25, 0.3) is 0 Å². The Bertz CT molecular complexity index is 112. The highest BCUT2D eigenvalue weighted by atomic mass is 16.5. The van der Waals surface area contributed by atoms with Crippen molar-refractivity contribution in [2.45, 2.75) is 6.42 Å². The lowest BCUT2D eigenvalue weighted by molar-refractivity contribution is 0.203. The standard InChI is InChI=1S/C6H9NO/c1-6(5-7)3-4-8-2/h1,3-4H2,2H3. The molecule has 0 saturated carbocycles. The summed E-state index contributed by atoms with van der Waals surface area (Å²) in [6.07, 6.45) is 0.646. The lowest BCUT2D eigenvalue weighted by Crippen LogP contribution is -1.87. The normalized spacial score (nSPS) is 8.00. The van der Waals surface area contributed by atoms with Gasteiger partial charge in [0.1, 0.15) is 0 Å². The summed E-state index contributed by atoms with van der Waals surface area (Å²) in [5.41, 5.74) is 0.576. The quantitative estimate of drug-likeness (QED) is 0.511. The summed E-state index contributed by atoms with van der Waals surface area (Å²) in [4.78, 5) is 0. The smallest absolute Gasteiger partial charge is 0.0941 e. The van der Waals surface area contributed by atoms with Gasteiger partial charge in [-0.3, -0.25) is 0 Å². The molecule has 2 nitrogen and oxygen atoms in total. The van der Waals surface area contributed by atoms with Gasteiger partial charge in [0, 0.05) is 19.1 Å². The number of methoxy groups -OCH3 is 1. The van der Waals surface area contributed by atoms with Crippen LogP contribution in [-0.4, -0.2) is 13.7 Å². The molecule has 0 bridgehead atoms. The Morgan fingerprint density at radius 1 is 1.88 bits per heavy atom. The van der Waals surface area contributed by atoms with E-state index in [-0.39, 0.29) is 0 Å². The van der Waals surface area contributed by atoms with Crippen LogP contribution in [0, 0.1) is 11.3 Å². The molecular weight excluding hydrogens is 102 g/mol. The summed E-state index contributed by atoms with van der Waals surface area (Å²) in [6.45, 7) is 4.06. The molecule has 0 saturated heterocycles. The van der Waals surface area contributed by atoms with E-state index < -0.39 is 0 Å². The lowest BCUT2D eigenvalue weighted by atomic mass is 10.2. The van der Waals surface area contributed by atoms with Gasteiger partial charge in [0.15, 0.2) is 0 Å². The number of hydrogen-bond acceptors (Lipinski definition) is 2. The molecule has 0 aromatic rings. The number of ether oxygens (including phenoxy) is 1. The summed E-state index contributed by atoms with van der Waals surface area (Å²) >= 11 is 0. The Morgan fingerprint density at radius 2 is 2.50 bits per heavy atom. The maximum absolute atomic E-state index is 8.16. The second-order valence-electron chi connectivity index (χ2n) is 1.46. The van der Waals surface area contributed by atoms with Gasteiger partial charge in [-0.1, -0.05) is 6.58 Å². The monoisotopic (exact) mass is 111 g/mol. The Kier molecular flexibility index (Phi) is 3.91. The molecular formula is C6H9NO. The third-order valence-corrected chi connectivity index (χ3v) is 0.766. The average molecular weight is 111 g/mol.